The van der Waals surface area contributed by atoms with Crippen molar-refractivity contribution >= 4 is 15.9 Å². The van der Waals surface area contributed by atoms with E-state index in [1.807, 2.05) is 19.2 Å². The van der Waals surface area contributed by atoms with Crippen LogP contribution < -0.4 is 5.32 Å². The van der Waals surface area contributed by atoms with Crippen LogP contribution in [0.5, 0.6) is 0 Å². The van der Waals surface area contributed by atoms with E-state index >= 15 is 0 Å². The lowest BCUT2D eigenvalue weighted by molar-refractivity contribution is 0.572. The van der Waals surface area contributed by atoms with E-state index < -0.39 is 0 Å². The molecule has 0 saturated carbocycles. The van der Waals surface area contributed by atoms with E-state index in [0.717, 1.165) is 16.6 Å². The Kier molecular flexibility index (Phi) is 4.23. The lowest BCUT2D eigenvalue weighted by Gasteiger charge is -2.16. The first-order chi connectivity index (χ1) is 8.31. The molecule has 88 valence electrons. The zero-order valence-corrected chi connectivity index (χ0v) is 11.2. The molecular weight excluding hydrogens is 278 g/mol. The SMILES string of the molecule is CNC(Cc1ccccc1Br)c1cnccn1. The van der Waals surface area contributed by atoms with E-state index in [0.29, 0.717) is 0 Å². The van der Waals surface area contributed by atoms with Crippen molar-refractivity contribution in [3.8, 4) is 0 Å². The van der Waals surface area contributed by atoms with Gasteiger partial charge in [-0.05, 0) is 25.1 Å². The molecule has 1 heterocycles. The number of benzene rings is 1. The van der Waals surface area contributed by atoms with Gasteiger partial charge in [0.1, 0.15) is 0 Å². The largest absolute Gasteiger partial charge is 0.311 e. The monoisotopic (exact) mass is 291 g/mol. The molecule has 0 amide bonds. The highest BCUT2D eigenvalue weighted by Crippen LogP contribution is 2.22. The Morgan fingerprint density at radius 2 is 2.12 bits per heavy atom. The molecule has 4 heteroatoms. The average Bonchev–Trinajstić information content (AvgIpc) is 2.39. The Morgan fingerprint density at radius 1 is 1.29 bits per heavy atom. The summed E-state index contributed by atoms with van der Waals surface area (Å²) in [5.74, 6) is 0. The molecule has 2 aromatic rings. The summed E-state index contributed by atoms with van der Waals surface area (Å²) in [4.78, 5) is 8.44. The van der Waals surface area contributed by atoms with E-state index in [-0.39, 0.29) is 6.04 Å². The quantitative estimate of drug-likeness (QED) is 0.941. The normalized spacial score (nSPS) is 12.4. The van der Waals surface area contributed by atoms with Gasteiger partial charge in [0.05, 0.1) is 11.7 Å². The third kappa shape index (κ3) is 3.11. The van der Waals surface area contributed by atoms with E-state index in [4.69, 9.17) is 0 Å². The van der Waals surface area contributed by atoms with E-state index in [9.17, 15) is 0 Å². The Balaban J connectivity index is 2.19. The molecule has 2 rings (SSSR count). The minimum atomic E-state index is 0.183. The third-order valence-electron chi connectivity index (χ3n) is 2.67. The van der Waals surface area contributed by atoms with Crippen LogP contribution >= 0.6 is 15.9 Å². The van der Waals surface area contributed by atoms with Crippen molar-refractivity contribution in [2.24, 2.45) is 0 Å². The predicted molar refractivity (Wildman–Crippen MR) is 71.7 cm³/mol. The van der Waals surface area contributed by atoms with Gasteiger partial charge in [0.15, 0.2) is 0 Å². The Morgan fingerprint density at radius 3 is 2.76 bits per heavy atom. The third-order valence-corrected chi connectivity index (χ3v) is 3.44. The average molecular weight is 292 g/mol. The van der Waals surface area contributed by atoms with Crippen LogP contribution in [0.1, 0.15) is 17.3 Å². The highest BCUT2D eigenvalue weighted by molar-refractivity contribution is 9.10. The van der Waals surface area contributed by atoms with Gasteiger partial charge in [-0.3, -0.25) is 9.97 Å². The fourth-order valence-electron chi connectivity index (χ4n) is 1.73. The van der Waals surface area contributed by atoms with Crippen LogP contribution in [0.15, 0.2) is 47.3 Å². The molecule has 0 fully saturated rings. The lowest BCUT2D eigenvalue weighted by atomic mass is 10.0. The summed E-state index contributed by atoms with van der Waals surface area (Å²) >= 11 is 3.56. The topological polar surface area (TPSA) is 37.8 Å². The number of hydrogen-bond donors (Lipinski definition) is 1. The maximum absolute atomic E-state index is 4.34. The van der Waals surface area contributed by atoms with Crippen molar-refractivity contribution in [2.45, 2.75) is 12.5 Å². The molecule has 1 unspecified atom stereocenters. The summed E-state index contributed by atoms with van der Waals surface area (Å²) in [6, 6.07) is 8.42. The molecule has 0 aliphatic carbocycles. The summed E-state index contributed by atoms with van der Waals surface area (Å²) < 4.78 is 1.13. The smallest absolute Gasteiger partial charge is 0.0759 e. The molecule has 0 aliphatic rings. The van der Waals surface area contributed by atoms with Gasteiger partial charge in [0.2, 0.25) is 0 Å². The second-order valence-corrected chi connectivity index (χ2v) is 4.62. The zero-order valence-electron chi connectivity index (χ0n) is 9.60. The molecule has 1 aromatic heterocycles. The summed E-state index contributed by atoms with van der Waals surface area (Å²) in [5, 5.41) is 3.27. The van der Waals surface area contributed by atoms with Crippen molar-refractivity contribution in [1.29, 1.82) is 0 Å². The molecule has 0 aliphatic heterocycles. The summed E-state index contributed by atoms with van der Waals surface area (Å²) in [6.45, 7) is 0. The van der Waals surface area contributed by atoms with Crippen LogP contribution in [0.4, 0.5) is 0 Å². The summed E-state index contributed by atoms with van der Waals surface area (Å²) in [6.07, 6.45) is 6.10. The van der Waals surface area contributed by atoms with E-state index in [1.165, 1.54) is 5.56 Å². The van der Waals surface area contributed by atoms with Crippen LogP contribution in [-0.4, -0.2) is 17.0 Å². The van der Waals surface area contributed by atoms with Crippen LogP contribution in [0.25, 0.3) is 0 Å². The van der Waals surface area contributed by atoms with Gasteiger partial charge < -0.3 is 5.32 Å². The predicted octanol–water partition coefficient (Wildman–Crippen LogP) is 2.74. The summed E-state index contributed by atoms with van der Waals surface area (Å²) in [5.41, 5.74) is 2.23. The van der Waals surface area contributed by atoms with Crippen LogP contribution in [-0.2, 0) is 6.42 Å². The van der Waals surface area contributed by atoms with Gasteiger partial charge in [0, 0.05) is 23.1 Å². The number of nitrogens with zero attached hydrogens (tertiary/aromatic N) is 2. The number of nitrogens with one attached hydrogen (secondary N) is 1. The van der Waals surface area contributed by atoms with E-state index in [2.05, 4.69) is 43.3 Å². The van der Waals surface area contributed by atoms with Crippen LogP contribution in [0.3, 0.4) is 0 Å². The lowest BCUT2D eigenvalue weighted by Crippen LogP contribution is -2.20. The fourth-order valence-corrected chi connectivity index (χ4v) is 2.18. The van der Waals surface area contributed by atoms with E-state index in [1.54, 1.807) is 18.6 Å². The first-order valence-corrected chi connectivity index (χ1v) is 6.27. The number of hydrogen-bond acceptors (Lipinski definition) is 3. The zero-order chi connectivity index (χ0) is 12.1. The number of rotatable bonds is 4. The Labute approximate surface area is 109 Å². The molecule has 1 atom stereocenters. The van der Waals surface area contributed by atoms with Crippen molar-refractivity contribution in [3.63, 3.8) is 0 Å². The van der Waals surface area contributed by atoms with Crippen molar-refractivity contribution in [3.05, 3.63) is 58.6 Å². The van der Waals surface area contributed by atoms with Crippen LogP contribution in [0.2, 0.25) is 0 Å². The first kappa shape index (κ1) is 12.2. The highest BCUT2D eigenvalue weighted by Gasteiger charge is 2.12. The number of aromatic nitrogens is 2. The van der Waals surface area contributed by atoms with Crippen molar-refractivity contribution < 1.29 is 0 Å². The van der Waals surface area contributed by atoms with Gasteiger partial charge in [-0.25, -0.2) is 0 Å². The molecule has 17 heavy (non-hydrogen) atoms. The molecule has 0 radical (unpaired) electrons. The van der Waals surface area contributed by atoms with Gasteiger partial charge >= 0.3 is 0 Å². The van der Waals surface area contributed by atoms with Crippen molar-refractivity contribution in [1.82, 2.24) is 15.3 Å². The molecule has 1 N–H and O–H groups in total. The number of halogens is 1. The Bertz CT molecular complexity index is 473. The Hall–Kier alpha value is -1.26. The molecule has 0 spiro atoms. The second-order valence-electron chi connectivity index (χ2n) is 3.77. The first-order valence-electron chi connectivity index (χ1n) is 5.48. The highest BCUT2D eigenvalue weighted by atomic mass is 79.9. The fraction of sp³-hybridized carbons (Fsp3) is 0.231. The summed E-state index contributed by atoms with van der Waals surface area (Å²) in [7, 11) is 1.94. The molecular formula is C13H14BrN3. The minimum Gasteiger partial charge on any atom is -0.311 e. The van der Waals surface area contributed by atoms with Gasteiger partial charge in [-0.1, -0.05) is 34.1 Å². The number of likely N-dealkylation sites (N-methyl/N-ethyl adjacent to an activating group) is 1. The standard InChI is InChI=1S/C13H14BrN3/c1-15-12(13-9-16-6-7-17-13)8-10-4-2-3-5-11(10)14/h2-7,9,12,15H,8H2,1H3. The maximum Gasteiger partial charge on any atom is 0.0759 e. The van der Waals surface area contributed by atoms with Crippen LogP contribution in [0, 0.1) is 0 Å². The molecule has 1 aromatic carbocycles. The molecule has 3 nitrogen and oxygen atoms in total. The maximum atomic E-state index is 4.34. The van der Waals surface area contributed by atoms with Crippen molar-refractivity contribution in [2.75, 3.05) is 7.05 Å². The van der Waals surface area contributed by atoms with Gasteiger partial charge in [0.25, 0.3) is 0 Å². The molecule has 0 bridgehead atoms. The second kappa shape index (κ2) is 5.89. The van der Waals surface area contributed by atoms with Gasteiger partial charge in [-0.15, -0.1) is 0 Å². The van der Waals surface area contributed by atoms with Gasteiger partial charge in [-0.2, -0.15) is 0 Å². The minimum absolute atomic E-state index is 0.183. The molecule has 0 saturated heterocycles.